The van der Waals surface area contributed by atoms with Crippen LogP contribution in [0.4, 0.5) is 0 Å². The number of aryl methyl sites for hydroxylation is 1. The molecule has 1 aromatic rings. The molecular weight excluding hydrogens is 266 g/mol. The fraction of sp³-hybridized carbons (Fsp3) is 0.588. The molecule has 21 heavy (non-hydrogen) atoms. The minimum absolute atomic E-state index is 0.143. The Morgan fingerprint density at radius 3 is 2.90 bits per heavy atom. The van der Waals surface area contributed by atoms with Crippen molar-refractivity contribution in [3.63, 3.8) is 0 Å². The second-order valence-corrected chi connectivity index (χ2v) is 5.61. The van der Waals surface area contributed by atoms with Gasteiger partial charge in [-0.2, -0.15) is 0 Å². The monoisotopic (exact) mass is 291 g/mol. The van der Waals surface area contributed by atoms with Gasteiger partial charge in [0.05, 0.1) is 6.54 Å². The van der Waals surface area contributed by atoms with E-state index in [0.717, 1.165) is 18.4 Å². The van der Waals surface area contributed by atoms with Crippen LogP contribution < -0.4 is 5.32 Å². The highest BCUT2D eigenvalue weighted by atomic mass is 16.5. The largest absolute Gasteiger partial charge is 0.383 e. The molecule has 1 aromatic carbocycles. The lowest BCUT2D eigenvalue weighted by Gasteiger charge is -2.35. The van der Waals surface area contributed by atoms with E-state index < -0.39 is 11.7 Å². The minimum atomic E-state index is -0.963. The smallest absolute Gasteiger partial charge is 0.249 e. The van der Waals surface area contributed by atoms with Gasteiger partial charge in [0.15, 0.2) is 0 Å². The molecule has 0 saturated carbocycles. The Hall–Kier alpha value is -1.39. The van der Waals surface area contributed by atoms with Crippen molar-refractivity contribution in [3.8, 4) is 0 Å². The standard InChI is InChI=1S/C17H25NO3/c1-3-15(21-4-2)16(19)18-12-17(20)11-7-9-13-8-5-6-10-14(13)17/h5-6,8,10,15,20H,3-4,7,9,11-12H2,1-2H3,(H,18,19). The van der Waals surface area contributed by atoms with E-state index in [1.165, 1.54) is 5.56 Å². The molecule has 0 aliphatic heterocycles. The van der Waals surface area contributed by atoms with E-state index in [0.29, 0.717) is 19.4 Å². The topological polar surface area (TPSA) is 58.6 Å². The highest BCUT2D eigenvalue weighted by Gasteiger charge is 2.34. The van der Waals surface area contributed by atoms with Crippen LogP contribution in [0, 0.1) is 0 Å². The van der Waals surface area contributed by atoms with Crippen molar-refractivity contribution in [2.75, 3.05) is 13.2 Å². The van der Waals surface area contributed by atoms with Crippen LogP contribution in [0.2, 0.25) is 0 Å². The van der Waals surface area contributed by atoms with E-state index in [-0.39, 0.29) is 12.5 Å². The summed E-state index contributed by atoms with van der Waals surface area (Å²) in [5, 5.41) is 13.8. The van der Waals surface area contributed by atoms with E-state index in [1.54, 1.807) is 0 Å². The zero-order valence-corrected chi connectivity index (χ0v) is 12.9. The maximum Gasteiger partial charge on any atom is 0.249 e. The Labute approximate surface area is 126 Å². The molecule has 2 N–H and O–H groups in total. The Morgan fingerprint density at radius 1 is 1.43 bits per heavy atom. The summed E-state index contributed by atoms with van der Waals surface area (Å²) in [6.07, 6.45) is 2.80. The first-order valence-corrected chi connectivity index (χ1v) is 7.80. The summed E-state index contributed by atoms with van der Waals surface area (Å²) >= 11 is 0. The summed E-state index contributed by atoms with van der Waals surface area (Å²) in [7, 11) is 0. The Morgan fingerprint density at radius 2 is 2.19 bits per heavy atom. The normalized spacial score (nSPS) is 22.4. The molecule has 2 atom stereocenters. The molecule has 116 valence electrons. The molecule has 1 amide bonds. The zero-order chi connectivity index (χ0) is 15.3. The van der Waals surface area contributed by atoms with Crippen LogP contribution in [0.15, 0.2) is 24.3 Å². The molecule has 0 saturated heterocycles. The molecule has 0 heterocycles. The maximum absolute atomic E-state index is 12.1. The molecule has 0 spiro atoms. The minimum Gasteiger partial charge on any atom is -0.383 e. The number of benzene rings is 1. The first kappa shape index (κ1) is 16.0. The van der Waals surface area contributed by atoms with Gasteiger partial charge in [0.2, 0.25) is 5.91 Å². The van der Waals surface area contributed by atoms with E-state index in [2.05, 4.69) is 11.4 Å². The van der Waals surface area contributed by atoms with Crippen LogP contribution in [0.25, 0.3) is 0 Å². The summed E-state index contributed by atoms with van der Waals surface area (Å²) in [5.74, 6) is -0.143. The van der Waals surface area contributed by atoms with E-state index in [1.807, 2.05) is 32.0 Å². The van der Waals surface area contributed by atoms with Gasteiger partial charge in [-0.3, -0.25) is 4.79 Å². The van der Waals surface area contributed by atoms with Gasteiger partial charge in [-0.05, 0) is 43.7 Å². The number of amides is 1. The molecule has 0 fully saturated rings. The van der Waals surface area contributed by atoms with Crippen molar-refractivity contribution in [2.24, 2.45) is 0 Å². The third-order valence-electron chi connectivity index (χ3n) is 4.14. The number of hydrogen-bond acceptors (Lipinski definition) is 3. The number of rotatable bonds is 6. The van der Waals surface area contributed by atoms with E-state index in [9.17, 15) is 9.90 Å². The van der Waals surface area contributed by atoms with Crippen LogP contribution >= 0.6 is 0 Å². The predicted octanol–water partition coefficient (Wildman–Crippen LogP) is 2.14. The average Bonchev–Trinajstić information content (AvgIpc) is 2.51. The molecule has 2 rings (SSSR count). The molecule has 0 aromatic heterocycles. The molecule has 2 unspecified atom stereocenters. The summed E-state index contributed by atoms with van der Waals surface area (Å²) in [4.78, 5) is 12.1. The average molecular weight is 291 g/mol. The first-order chi connectivity index (χ1) is 10.1. The van der Waals surface area contributed by atoms with Crippen molar-refractivity contribution in [1.82, 2.24) is 5.32 Å². The summed E-state index contributed by atoms with van der Waals surface area (Å²) in [6, 6.07) is 7.94. The number of carbonyl (C=O) groups is 1. The van der Waals surface area contributed by atoms with E-state index >= 15 is 0 Å². The number of ether oxygens (including phenoxy) is 1. The van der Waals surface area contributed by atoms with Gasteiger partial charge in [-0.25, -0.2) is 0 Å². The van der Waals surface area contributed by atoms with Crippen LogP contribution in [0.5, 0.6) is 0 Å². The highest BCUT2D eigenvalue weighted by Crippen LogP contribution is 2.34. The lowest BCUT2D eigenvalue weighted by Crippen LogP contribution is -2.46. The van der Waals surface area contributed by atoms with Crippen LogP contribution in [-0.2, 0) is 21.6 Å². The second-order valence-electron chi connectivity index (χ2n) is 5.61. The molecule has 1 aliphatic rings. The molecule has 0 radical (unpaired) electrons. The molecule has 0 bridgehead atoms. The number of fused-ring (bicyclic) bond motifs is 1. The first-order valence-electron chi connectivity index (χ1n) is 7.80. The van der Waals surface area contributed by atoms with Gasteiger partial charge in [-0.1, -0.05) is 31.2 Å². The fourth-order valence-corrected chi connectivity index (χ4v) is 3.01. The lowest BCUT2D eigenvalue weighted by atomic mass is 9.79. The van der Waals surface area contributed by atoms with Gasteiger partial charge in [0.1, 0.15) is 11.7 Å². The number of nitrogens with one attached hydrogen (secondary N) is 1. The Bertz CT molecular complexity index is 489. The van der Waals surface area contributed by atoms with Crippen molar-refractivity contribution < 1.29 is 14.6 Å². The highest BCUT2D eigenvalue weighted by molar-refractivity contribution is 5.80. The van der Waals surface area contributed by atoms with Gasteiger partial charge >= 0.3 is 0 Å². The fourth-order valence-electron chi connectivity index (χ4n) is 3.01. The predicted molar refractivity (Wildman–Crippen MR) is 82.0 cm³/mol. The summed E-state index contributed by atoms with van der Waals surface area (Å²) < 4.78 is 5.40. The maximum atomic E-state index is 12.1. The van der Waals surface area contributed by atoms with Crippen molar-refractivity contribution in [2.45, 2.75) is 51.2 Å². The van der Waals surface area contributed by atoms with Gasteiger partial charge in [-0.15, -0.1) is 0 Å². The van der Waals surface area contributed by atoms with Gasteiger partial charge in [0, 0.05) is 6.61 Å². The molecule has 4 heteroatoms. The number of carbonyl (C=O) groups excluding carboxylic acids is 1. The number of aliphatic hydroxyl groups is 1. The Balaban J connectivity index is 2.04. The second kappa shape index (κ2) is 7.05. The van der Waals surface area contributed by atoms with Crippen molar-refractivity contribution in [1.29, 1.82) is 0 Å². The van der Waals surface area contributed by atoms with E-state index in [4.69, 9.17) is 4.74 Å². The zero-order valence-electron chi connectivity index (χ0n) is 12.9. The van der Waals surface area contributed by atoms with Crippen molar-refractivity contribution >= 4 is 5.91 Å². The third kappa shape index (κ3) is 3.63. The molecular formula is C17H25NO3. The van der Waals surface area contributed by atoms with Crippen LogP contribution in [0.1, 0.15) is 44.2 Å². The lowest BCUT2D eigenvalue weighted by molar-refractivity contribution is -0.134. The SMILES string of the molecule is CCOC(CC)C(=O)NCC1(O)CCCc2ccccc21. The number of hydrogen-bond donors (Lipinski definition) is 2. The van der Waals surface area contributed by atoms with Crippen LogP contribution in [-0.4, -0.2) is 30.3 Å². The Kier molecular flexibility index (Phi) is 5.37. The van der Waals surface area contributed by atoms with Gasteiger partial charge < -0.3 is 15.2 Å². The quantitative estimate of drug-likeness (QED) is 0.844. The van der Waals surface area contributed by atoms with Gasteiger partial charge in [0.25, 0.3) is 0 Å². The molecule has 4 nitrogen and oxygen atoms in total. The molecule has 1 aliphatic carbocycles. The van der Waals surface area contributed by atoms with Crippen LogP contribution in [0.3, 0.4) is 0 Å². The summed E-state index contributed by atoms with van der Waals surface area (Å²) in [5.41, 5.74) is 1.16. The third-order valence-corrected chi connectivity index (χ3v) is 4.14. The van der Waals surface area contributed by atoms with Crippen molar-refractivity contribution in [3.05, 3.63) is 35.4 Å². The summed E-state index contributed by atoms with van der Waals surface area (Å²) in [6.45, 7) is 4.55.